The third kappa shape index (κ3) is 3.41. The summed E-state index contributed by atoms with van der Waals surface area (Å²) in [6, 6.07) is 17.4. The Morgan fingerprint density at radius 1 is 1.24 bits per heavy atom. The zero-order chi connectivity index (χ0) is 22.6. The van der Waals surface area contributed by atoms with Gasteiger partial charge in [0, 0.05) is 61.7 Å². The molecule has 2 aromatic carbocycles. The predicted octanol–water partition coefficient (Wildman–Crippen LogP) is 3.60. The Morgan fingerprint density at radius 2 is 2.12 bits per heavy atom. The maximum absolute atomic E-state index is 14.4. The molecule has 3 aliphatic rings. The average molecular weight is 443 g/mol. The van der Waals surface area contributed by atoms with E-state index in [9.17, 15) is 9.65 Å². The molecule has 33 heavy (non-hydrogen) atoms. The molecule has 0 spiro atoms. The lowest BCUT2D eigenvalue weighted by Crippen LogP contribution is -2.59. The number of nitrogens with zero attached hydrogens (tertiary/aromatic N) is 4. The quantitative estimate of drug-likeness (QED) is 0.644. The van der Waals surface area contributed by atoms with E-state index in [0.717, 1.165) is 41.9 Å². The van der Waals surface area contributed by atoms with Crippen LogP contribution in [0.1, 0.15) is 29.7 Å². The molecule has 1 aromatic heterocycles. The van der Waals surface area contributed by atoms with Gasteiger partial charge in [-0.25, -0.2) is 4.39 Å². The van der Waals surface area contributed by atoms with Crippen LogP contribution >= 0.6 is 0 Å². The summed E-state index contributed by atoms with van der Waals surface area (Å²) in [4.78, 5) is 9.50. The van der Waals surface area contributed by atoms with Crippen LogP contribution in [-0.2, 0) is 6.54 Å². The number of aromatic nitrogens is 1. The van der Waals surface area contributed by atoms with Gasteiger partial charge in [-0.2, -0.15) is 5.26 Å². The predicted molar refractivity (Wildman–Crippen MR) is 128 cm³/mol. The van der Waals surface area contributed by atoms with Gasteiger partial charge in [0.15, 0.2) is 5.67 Å². The van der Waals surface area contributed by atoms with Crippen LogP contribution in [0.15, 0.2) is 48.7 Å². The maximum Gasteiger partial charge on any atom is 0.152 e. The number of nitriles is 1. The van der Waals surface area contributed by atoms with Gasteiger partial charge in [-0.15, -0.1) is 0 Å². The number of anilines is 2. The largest absolute Gasteiger partial charge is 0.382 e. The van der Waals surface area contributed by atoms with Gasteiger partial charge < -0.3 is 15.5 Å². The monoisotopic (exact) mass is 442 g/mol. The molecule has 168 valence electrons. The summed E-state index contributed by atoms with van der Waals surface area (Å²) >= 11 is 0. The Morgan fingerprint density at radius 3 is 2.91 bits per heavy atom. The van der Waals surface area contributed by atoms with E-state index < -0.39 is 5.67 Å². The topological polar surface area (TPSA) is 67.2 Å². The number of rotatable bonds is 4. The second-order valence-electron chi connectivity index (χ2n) is 9.61. The van der Waals surface area contributed by atoms with Gasteiger partial charge in [-0.3, -0.25) is 9.88 Å². The van der Waals surface area contributed by atoms with E-state index in [1.54, 1.807) is 6.20 Å². The van der Waals surface area contributed by atoms with Crippen LogP contribution in [0.3, 0.4) is 0 Å². The first-order valence-corrected chi connectivity index (χ1v) is 11.6. The van der Waals surface area contributed by atoms with Crippen molar-refractivity contribution >= 4 is 22.3 Å². The van der Waals surface area contributed by atoms with Gasteiger partial charge in [0.25, 0.3) is 0 Å². The summed E-state index contributed by atoms with van der Waals surface area (Å²) in [5, 5.41) is 16.8. The first kappa shape index (κ1) is 20.4. The Balaban J connectivity index is 1.28. The number of alkyl halides is 1. The summed E-state index contributed by atoms with van der Waals surface area (Å²) in [7, 11) is 0. The molecular weight excluding hydrogens is 415 g/mol. The third-order valence-corrected chi connectivity index (χ3v) is 7.40. The van der Waals surface area contributed by atoms with Crippen LogP contribution in [0.4, 0.5) is 15.8 Å². The Hall–Kier alpha value is -3.21. The van der Waals surface area contributed by atoms with Crippen molar-refractivity contribution in [2.75, 3.05) is 42.9 Å². The Bertz CT molecular complexity index is 1260. The molecule has 2 atom stereocenters. The highest BCUT2D eigenvalue weighted by atomic mass is 19.1. The minimum Gasteiger partial charge on any atom is -0.382 e. The molecule has 0 aliphatic carbocycles. The molecule has 4 heterocycles. The number of nitrogens with one attached hydrogen (secondary N) is 2. The molecule has 3 aromatic rings. The lowest BCUT2D eigenvalue weighted by molar-refractivity contribution is 0.106. The van der Waals surface area contributed by atoms with Gasteiger partial charge in [0.05, 0.1) is 23.7 Å². The smallest absolute Gasteiger partial charge is 0.152 e. The minimum atomic E-state index is -1.13. The molecule has 0 radical (unpaired) electrons. The molecule has 0 unspecified atom stereocenters. The second kappa shape index (κ2) is 7.68. The second-order valence-corrected chi connectivity index (χ2v) is 9.61. The van der Waals surface area contributed by atoms with E-state index in [1.807, 2.05) is 12.1 Å². The summed E-state index contributed by atoms with van der Waals surface area (Å²) < 4.78 is 14.4. The number of halogens is 1. The summed E-state index contributed by atoms with van der Waals surface area (Å²) in [5.41, 5.74) is 5.05. The average Bonchev–Trinajstić information content (AvgIpc) is 3.19. The molecule has 7 heteroatoms. The van der Waals surface area contributed by atoms with Gasteiger partial charge in [-0.05, 0) is 54.4 Å². The van der Waals surface area contributed by atoms with Crippen molar-refractivity contribution < 1.29 is 4.39 Å². The highest BCUT2D eigenvalue weighted by Crippen LogP contribution is 2.42. The van der Waals surface area contributed by atoms with Crippen molar-refractivity contribution in [1.82, 2.24) is 15.2 Å². The van der Waals surface area contributed by atoms with Crippen LogP contribution in [0.2, 0.25) is 0 Å². The number of fused-ring (bicyclic) bond motifs is 4. The number of piperazine rings is 1. The van der Waals surface area contributed by atoms with Crippen LogP contribution < -0.4 is 15.5 Å². The zero-order valence-electron chi connectivity index (χ0n) is 18.7. The molecular formula is C26H27FN6. The molecule has 0 amide bonds. The third-order valence-electron chi connectivity index (χ3n) is 7.40. The minimum absolute atomic E-state index is 0.309. The van der Waals surface area contributed by atoms with Gasteiger partial charge >= 0.3 is 0 Å². The molecule has 2 saturated heterocycles. The van der Waals surface area contributed by atoms with Crippen LogP contribution in [0.5, 0.6) is 0 Å². The molecule has 6 nitrogen and oxygen atoms in total. The molecule has 0 bridgehead atoms. The van der Waals surface area contributed by atoms with Crippen molar-refractivity contribution in [2.45, 2.75) is 31.2 Å². The number of pyridine rings is 1. The summed E-state index contributed by atoms with van der Waals surface area (Å²) in [6.07, 6.45) is 1.75. The van der Waals surface area contributed by atoms with Crippen LogP contribution in [0.25, 0.3) is 10.9 Å². The Kier molecular flexibility index (Phi) is 4.75. The van der Waals surface area contributed by atoms with Crippen molar-refractivity contribution in [3.05, 3.63) is 65.4 Å². The molecule has 2 fully saturated rings. The standard InChI is InChI=1S/C26H27FN6/c1-17-11-32(23-7-4-18(10-28)25-22(23)3-2-8-30-25)13-24-21-6-5-20(9-19(21)12-33(17)24)31-16-26(27)14-29-15-26/h2-9,17,24,29,31H,11-16H2,1H3/t17-,24-/m1/s1. The first-order chi connectivity index (χ1) is 16.0. The van der Waals surface area contributed by atoms with Gasteiger partial charge in [-0.1, -0.05) is 6.07 Å². The normalized spacial score (nSPS) is 23.5. The highest BCUT2D eigenvalue weighted by Gasteiger charge is 2.40. The summed E-state index contributed by atoms with van der Waals surface area (Å²) in [5.74, 6) is 0. The number of hydrogen-bond acceptors (Lipinski definition) is 6. The van der Waals surface area contributed by atoms with E-state index >= 15 is 0 Å². The van der Waals surface area contributed by atoms with Crippen molar-refractivity contribution in [3.8, 4) is 6.07 Å². The Labute approximate surface area is 193 Å². The van der Waals surface area contributed by atoms with Gasteiger partial charge in [0.1, 0.15) is 6.07 Å². The fraction of sp³-hybridized carbons (Fsp3) is 0.385. The molecule has 0 saturated carbocycles. The van der Waals surface area contributed by atoms with Crippen LogP contribution in [-0.4, -0.2) is 54.3 Å². The van der Waals surface area contributed by atoms with E-state index in [-0.39, 0.29) is 0 Å². The van der Waals surface area contributed by atoms with Crippen molar-refractivity contribution in [3.63, 3.8) is 0 Å². The van der Waals surface area contributed by atoms with Crippen LogP contribution in [0, 0.1) is 11.3 Å². The molecule has 2 N–H and O–H groups in total. The van der Waals surface area contributed by atoms with E-state index in [4.69, 9.17) is 0 Å². The summed E-state index contributed by atoms with van der Waals surface area (Å²) in [6.45, 7) is 6.20. The fourth-order valence-corrected chi connectivity index (χ4v) is 5.54. The van der Waals surface area contributed by atoms with Crippen molar-refractivity contribution in [2.24, 2.45) is 0 Å². The first-order valence-electron chi connectivity index (χ1n) is 11.6. The van der Waals surface area contributed by atoms with E-state index in [1.165, 1.54) is 11.1 Å². The lowest BCUT2D eigenvalue weighted by atomic mass is 9.98. The maximum atomic E-state index is 14.4. The van der Waals surface area contributed by atoms with E-state index in [2.05, 4.69) is 68.7 Å². The molecule has 6 rings (SSSR count). The fourth-order valence-electron chi connectivity index (χ4n) is 5.54. The van der Waals surface area contributed by atoms with E-state index in [0.29, 0.717) is 37.3 Å². The lowest BCUT2D eigenvalue weighted by Gasteiger charge is -2.43. The number of hydrogen-bond donors (Lipinski definition) is 2. The van der Waals surface area contributed by atoms with Crippen molar-refractivity contribution in [1.29, 1.82) is 5.26 Å². The zero-order valence-corrected chi connectivity index (χ0v) is 18.7. The SMILES string of the molecule is C[C@@H]1CN(c2ccc(C#N)c3ncccc23)C[C@@H]2c3ccc(NCC4(F)CNC4)cc3CN12. The van der Waals surface area contributed by atoms with Gasteiger partial charge in [0.2, 0.25) is 0 Å². The molecule has 3 aliphatic heterocycles. The highest BCUT2D eigenvalue weighted by molar-refractivity contribution is 5.95. The number of benzene rings is 2.